The van der Waals surface area contributed by atoms with Crippen LogP contribution in [0.1, 0.15) is 34.8 Å². The fraction of sp³-hybridized carbons (Fsp3) is 0.278. The molecule has 3 N–H and O–H groups in total. The molecule has 0 saturated heterocycles. The molecule has 0 heterocycles. The second-order valence-corrected chi connectivity index (χ2v) is 5.13. The van der Waals surface area contributed by atoms with E-state index in [1.54, 1.807) is 24.3 Å². The highest BCUT2D eigenvalue weighted by molar-refractivity contribution is 5.94. The van der Waals surface area contributed by atoms with E-state index in [1.807, 2.05) is 24.3 Å². The minimum atomic E-state index is -0.128. The van der Waals surface area contributed by atoms with E-state index in [9.17, 15) is 4.79 Å². The van der Waals surface area contributed by atoms with Gasteiger partial charge in [-0.25, -0.2) is 0 Å². The molecule has 0 fully saturated rings. The Bertz CT molecular complexity index is 626. The van der Waals surface area contributed by atoms with E-state index in [1.165, 1.54) is 0 Å². The van der Waals surface area contributed by atoms with Gasteiger partial charge >= 0.3 is 0 Å². The number of ether oxygens (including phenoxy) is 1. The van der Waals surface area contributed by atoms with Gasteiger partial charge in [0.2, 0.25) is 0 Å². The molecule has 0 radical (unpaired) electrons. The number of anilines is 1. The molecule has 0 atom stereocenters. The quantitative estimate of drug-likeness (QED) is 0.610. The first-order chi connectivity index (χ1) is 10.7. The van der Waals surface area contributed by atoms with Crippen molar-refractivity contribution in [3.05, 3.63) is 65.2 Å². The second-order valence-electron chi connectivity index (χ2n) is 5.13. The highest BCUT2D eigenvalue weighted by atomic mass is 16.5. The van der Waals surface area contributed by atoms with Crippen molar-refractivity contribution < 1.29 is 9.53 Å². The molecule has 0 aromatic heterocycles. The van der Waals surface area contributed by atoms with Gasteiger partial charge in [-0.3, -0.25) is 4.79 Å². The van der Waals surface area contributed by atoms with E-state index >= 15 is 0 Å². The summed E-state index contributed by atoms with van der Waals surface area (Å²) in [5, 5.41) is 2.92. The van der Waals surface area contributed by atoms with E-state index in [-0.39, 0.29) is 5.91 Å². The fourth-order valence-electron chi connectivity index (χ4n) is 2.15. The Balaban J connectivity index is 1.97. The van der Waals surface area contributed by atoms with Crippen LogP contribution in [-0.2, 0) is 17.9 Å². The van der Waals surface area contributed by atoms with Crippen molar-refractivity contribution in [1.29, 1.82) is 0 Å². The van der Waals surface area contributed by atoms with E-state index in [0.717, 1.165) is 24.2 Å². The molecule has 0 saturated carbocycles. The van der Waals surface area contributed by atoms with Crippen LogP contribution in [0.4, 0.5) is 5.69 Å². The maximum Gasteiger partial charge on any atom is 0.251 e. The van der Waals surface area contributed by atoms with Crippen molar-refractivity contribution in [3.8, 4) is 0 Å². The number of nitrogen functional groups attached to an aromatic ring is 1. The number of carbonyl (C=O) groups is 1. The first-order valence-electron chi connectivity index (χ1n) is 7.49. The number of hydrogen-bond donors (Lipinski definition) is 2. The predicted molar refractivity (Wildman–Crippen MR) is 88.4 cm³/mol. The summed E-state index contributed by atoms with van der Waals surface area (Å²) in [6, 6.07) is 14.9. The summed E-state index contributed by atoms with van der Waals surface area (Å²) < 4.78 is 5.59. The third kappa shape index (κ3) is 4.60. The van der Waals surface area contributed by atoms with Crippen molar-refractivity contribution in [2.24, 2.45) is 0 Å². The molecule has 22 heavy (non-hydrogen) atoms. The van der Waals surface area contributed by atoms with Gasteiger partial charge in [0, 0.05) is 24.4 Å². The molecular weight excluding hydrogens is 276 g/mol. The van der Waals surface area contributed by atoms with E-state index in [4.69, 9.17) is 10.5 Å². The van der Waals surface area contributed by atoms with Gasteiger partial charge in [-0.2, -0.15) is 0 Å². The van der Waals surface area contributed by atoms with Crippen LogP contribution in [0.15, 0.2) is 48.5 Å². The minimum Gasteiger partial charge on any atom is -0.399 e. The van der Waals surface area contributed by atoms with Crippen LogP contribution in [-0.4, -0.2) is 12.5 Å². The van der Waals surface area contributed by atoms with Gasteiger partial charge < -0.3 is 15.8 Å². The summed E-state index contributed by atoms with van der Waals surface area (Å²) in [5.41, 5.74) is 9.02. The third-order valence-electron chi connectivity index (χ3n) is 3.31. The molecule has 0 bridgehead atoms. The summed E-state index contributed by atoms with van der Waals surface area (Å²) >= 11 is 0. The zero-order valence-corrected chi connectivity index (χ0v) is 12.8. The zero-order chi connectivity index (χ0) is 15.8. The van der Waals surface area contributed by atoms with Gasteiger partial charge in [0.25, 0.3) is 5.91 Å². The largest absolute Gasteiger partial charge is 0.399 e. The number of benzene rings is 2. The van der Waals surface area contributed by atoms with E-state index < -0.39 is 0 Å². The molecule has 4 heteroatoms. The first-order valence-corrected chi connectivity index (χ1v) is 7.49. The van der Waals surface area contributed by atoms with Gasteiger partial charge in [0.1, 0.15) is 0 Å². The molecule has 2 rings (SSSR count). The van der Waals surface area contributed by atoms with Crippen LogP contribution in [0.5, 0.6) is 0 Å². The number of nitrogens with one attached hydrogen (secondary N) is 1. The smallest absolute Gasteiger partial charge is 0.251 e. The highest BCUT2D eigenvalue weighted by Crippen LogP contribution is 2.11. The van der Waals surface area contributed by atoms with Crippen LogP contribution >= 0.6 is 0 Å². The highest BCUT2D eigenvalue weighted by Gasteiger charge is 2.07. The van der Waals surface area contributed by atoms with Crippen LogP contribution < -0.4 is 11.1 Å². The van der Waals surface area contributed by atoms with Gasteiger partial charge in [0.05, 0.1) is 6.61 Å². The molecule has 0 spiro atoms. The Morgan fingerprint density at radius 3 is 2.64 bits per heavy atom. The number of hydrogen-bond acceptors (Lipinski definition) is 3. The topological polar surface area (TPSA) is 64.3 Å². The first kappa shape index (κ1) is 16.0. The Kier molecular flexibility index (Phi) is 5.98. The molecule has 0 aliphatic rings. The lowest BCUT2D eigenvalue weighted by molar-refractivity contribution is 0.0949. The lowest BCUT2D eigenvalue weighted by Gasteiger charge is -2.11. The summed E-state index contributed by atoms with van der Waals surface area (Å²) in [6.45, 7) is 3.86. The van der Waals surface area contributed by atoms with E-state index in [0.29, 0.717) is 24.4 Å². The number of carbonyl (C=O) groups excluding carboxylic acids is 1. The van der Waals surface area contributed by atoms with Gasteiger partial charge in [-0.1, -0.05) is 37.3 Å². The molecule has 116 valence electrons. The standard InChI is InChI=1S/C18H22N2O2/c1-2-10-22-13-16-7-4-3-6-15(16)12-20-18(21)14-8-5-9-17(19)11-14/h3-9,11H,2,10,12-13,19H2,1H3,(H,20,21). The fourth-order valence-corrected chi connectivity index (χ4v) is 2.15. The van der Waals surface area contributed by atoms with Gasteiger partial charge in [-0.15, -0.1) is 0 Å². The van der Waals surface area contributed by atoms with Crippen molar-refractivity contribution in [3.63, 3.8) is 0 Å². The maximum absolute atomic E-state index is 12.1. The molecule has 1 amide bonds. The van der Waals surface area contributed by atoms with Crippen molar-refractivity contribution in [1.82, 2.24) is 5.32 Å². The Hall–Kier alpha value is -2.33. The zero-order valence-electron chi connectivity index (χ0n) is 12.8. The van der Waals surface area contributed by atoms with Crippen molar-refractivity contribution >= 4 is 11.6 Å². The summed E-state index contributed by atoms with van der Waals surface area (Å²) in [4.78, 5) is 12.1. The summed E-state index contributed by atoms with van der Waals surface area (Å²) in [6.07, 6.45) is 0.994. The van der Waals surface area contributed by atoms with Gasteiger partial charge in [0.15, 0.2) is 0 Å². The van der Waals surface area contributed by atoms with Crippen LogP contribution in [0, 0.1) is 0 Å². The monoisotopic (exact) mass is 298 g/mol. The van der Waals surface area contributed by atoms with E-state index in [2.05, 4.69) is 12.2 Å². The van der Waals surface area contributed by atoms with Crippen LogP contribution in [0.3, 0.4) is 0 Å². The molecule has 0 aliphatic heterocycles. The van der Waals surface area contributed by atoms with Gasteiger partial charge in [-0.05, 0) is 35.7 Å². The number of nitrogens with two attached hydrogens (primary N) is 1. The number of amides is 1. The molecule has 4 nitrogen and oxygen atoms in total. The second kappa shape index (κ2) is 8.20. The SMILES string of the molecule is CCCOCc1ccccc1CNC(=O)c1cccc(N)c1. The molecule has 2 aromatic rings. The average Bonchev–Trinajstić information content (AvgIpc) is 2.54. The summed E-state index contributed by atoms with van der Waals surface area (Å²) in [7, 11) is 0. The normalized spacial score (nSPS) is 10.4. The molecule has 0 unspecified atom stereocenters. The van der Waals surface area contributed by atoms with Crippen molar-refractivity contribution in [2.45, 2.75) is 26.5 Å². The van der Waals surface area contributed by atoms with Crippen molar-refractivity contribution in [2.75, 3.05) is 12.3 Å². The third-order valence-corrected chi connectivity index (χ3v) is 3.31. The molecule has 2 aromatic carbocycles. The Morgan fingerprint density at radius 2 is 1.91 bits per heavy atom. The summed E-state index contributed by atoms with van der Waals surface area (Å²) in [5.74, 6) is -0.128. The minimum absolute atomic E-state index is 0.128. The predicted octanol–water partition coefficient (Wildman–Crippen LogP) is 3.13. The number of rotatable bonds is 7. The van der Waals surface area contributed by atoms with Crippen LogP contribution in [0.25, 0.3) is 0 Å². The maximum atomic E-state index is 12.1. The Labute approximate surface area is 131 Å². The van der Waals surface area contributed by atoms with Crippen LogP contribution in [0.2, 0.25) is 0 Å². The molecular formula is C18H22N2O2. The average molecular weight is 298 g/mol. The lowest BCUT2D eigenvalue weighted by atomic mass is 10.1. The lowest BCUT2D eigenvalue weighted by Crippen LogP contribution is -2.23. The Morgan fingerprint density at radius 1 is 1.14 bits per heavy atom. The molecule has 0 aliphatic carbocycles.